The smallest absolute Gasteiger partial charge is 0.303 e. The molecular formula is C13H11FN2O3. The maximum Gasteiger partial charge on any atom is 0.334 e. The van der Waals surface area contributed by atoms with Gasteiger partial charge in [0.15, 0.2) is 0 Å². The fourth-order valence-electron chi connectivity index (χ4n) is 1.79. The minimum Gasteiger partial charge on any atom is -0.303 e. The van der Waals surface area contributed by atoms with E-state index in [9.17, 15) is 19.3 Å². The molecule has 5 nitrogen and oxygen atoms in total. The summed E-state index contributed by atoms with van der Waals surface area (Å²) < 4.78 is 14.7. The molecule has 0 aliphatic rings. The minimum atomic E-state index is -0.736. The topological polar surface area (TPSA) is 65.1 Å². The third kappa shape index (κ3) is 2.52. The number of halogens is 1. The summed E-state index contributed by atoms with van der Waals surface area (Å²) in [6, 6.07) is 8.65. The lowest BCUT2D eigenvalue weighted by atomic mass is 10.2. The molecule has 0 spiro atoms. The summed E-state index contributed by atoms with van der Waals surface area (Å²) in [6.07, 6.45) is 0. The Labute approximate surface area is 108 Å². The van der Waals surface area contributed by atoms with Gasteiger partial charge < -0.3 is 4.57 Å². The van der Waals surface area contributed by atoms with E-state index in [1.54, 1.807) is 25.1 Å². The van der Waals surface area contributed by atoms with Crippen LogP contribution in [0.1, 0.15) is 11.3 Å². The summed E-state index contributed by atoms with van der Waals surface area (Å²) in [6.45, 7) is 1.62. The van der Waals surface area contributed by atoms with Gasteiger partial charge in [-0.25, -0.2) is 4.39 Å². The van der Waals surface area contributed by atoms with Gasteiger partial charge in [0.05, 0.1) is 11.5 Å². The van der Waals surface area contributed by atoms with Crippen LogP contribution in [0.25, 0.3) is 0 Å². The first-order valence-corrected chi connectivity index (χ1v) is 5.59. The number of hydrogen-bond acceptors (Lipinski definition) is 3. The molecule has 98 valence electrons. The maximum absolute atomic E-state index is 13.5. The van der Waals surface area contributed by atoms with Crippen LogP contribution in [0.4, 0.5) is 10.1 Å². The fraction of sp³-hybridized carbons (Fsp3) is 0.154. The van der Waals surface area contributed by atoms with Crippen LogP contribution in [0, 0.1) is 22.9 Å². The molecule has 0 aliphatic carbocycles. The average Bonchev–Trinajstić information content (AvgIpc) is 2.36. The fourth-order valence-corrected chi connectivity index (χ4v) is 1.79. The number of nitrogens with zero attached hydrogens (tertiary/aromatic N) is 2. The SMILES string of the molecule is Cc1ccc([N+](=O)[O-])c(=O)n1Cc1ccccc1F. The van der Waals surface area contributed by atoms with Gasteiger partial charge in [0.1, 0.15) is 5.82 Å². The predicted octanol–water partition coefficient (Wildman–Crippen LogP) is 2.25. The standard InChI is InChI=1S/C13H11FN2O3/c1-9-6-7-12(16(18)19)13(17)15(9)8-10-4-2-3-5-11(10)14/h2-7H,8H2,1H3. The van der Waals surface area contributed by atoms with Crippen LogP contribution in [0.15, 0.2) is 41.2 Å². The molecule has 2 rings (SSSR count). The van der Waals surface area contributed by atoms with Crippen molar-refractivity contribution in [3.05, 3.63) is 73.9 Å². The highest BCUT2D eigenvalue weighted by Crippen LogP contribution is 2.11. The first-order chi connectivity index (χ1) is 9.00. The summed E-state index contributed by atoms with van der Waals surface area (Å²) in [5.74, 6) is -0.444. The molecule has 0 fully saturated rings. The monoisotopic (exact) mass is 262 g/mol. The van der Waals surface area contributed by atoms with Crippen LogP contribution < -0.4 is 5.56 Å². The zero-order valence-corrected chi connectivity index (χ0v) is 10.2. The van der Waals surface area contributed by atoms with E-state index < -0.39 is 22.0 Å². The molecule has 1 aromatic heterocycles. The van der Waals surface area contributed by atoms with E-state index in [0.717, 1.165) is 6.07 Å². The normalized spacial score (nSPS) is 10.4. The van der Waals surface area contributed by atoms with E-state index >= 15 is 0 Å². The molecule has 0 atom stereocenters. The number of rotatable bonds is 3. The Kier molecular flexibility index (Phi) is 3.41. The van der Waals surface area contributed by atoms with E-state index in [2.05, 4.69) is 0 Å². The van der Waals surface area contributed by atoms with Gasteiger partial charge in [-0.3, -0.25) is 14.9 Å². The van der Waals surface area contributed by atoms with E-state index in [-0.39, 0.29) is 6.54 Å². The molecule has 0 N–H and O–H groups in total. The summed E-state index contributed by atoms with van der Waals surface area (Å²) in [7, 11) is 0. The molecule has 6 heteroatoms. The van der Waals surface area contributed by atoms with Crippen molar-refractivity contribution < 1.29 is 9.31 Å². The van der Waals surface area contributed by atoms with Crippen molar-refractivity contribution in [2.75, 3.05) is 0 Å². The van der Waals surface area contributed by atoms with Crippen molar-refractivity contribution in [3.8, 4) is 0 Å². The van der Waals surface area contributed by atoms with Crippen LogP contribution >= 0.6 is 0 Å². The molecule has 0 radical (unpaired) electrons. The summed E-state index contributed by atoms with van der Waals surface area (Å²) in [5.41, 5.74) is -0.387. The second-order valence-electron chi connectivity index (χ2n) is 4.10. The predicted molar refractivity (Wildman–Crippen MR) is 67.6 cm³/mol. The number of aromatic nitrogens is 1. The van der Waals surface area contributed by atoms with Crippen molar-refractivity contribution in [1.29, 1.82) is 0 Å². The molecule has 19 heavy (non-hydrogen) atoms. The van der Waals surface area contributed by atoms with Gasteiger partial charge in [0, 0.05) is 17.3 Å². The molecule has 1 heterocycles. The molecule has 0 aliphatic heterocycles. The molecular weight excluding hydrogens is 251 g/mol. The first-order valence-electron chi connectivity index (χ1n) is 5.59. The highest BCUT2D eigenvalue weighted by Gasteiger charge is 2.16. The van der Waals surface area contributed by atoms with E-state index in [4.69, 9.17) is 0 Å². The summed E-state index contributed by atoms with van der Waals surface area (Å²) in [5, 5.41) is 10.7. The quantitative estimate of drug-likeness (QED) is 0.629. The lowest BCUT2D eigenvalue weighted by molar-refractivity contribution is -0.386. The van der Waals surface area contributed by atoms with Crippen molar-refractivity contribution in [3.63, 3.8) is 0 Å². The minimum absolute atomic E-state index is 0.0288. The van der Waals surface area contributed by atoms with Gasteiger partial charge >= 0.3 is 11.2 Å². The zero-order valence-electron chi connectivity index (χ0n) is 10.2. The lowest BCUT2D eigenvalue weighted by Crippen LogP contribution is -2.25. The Morgan fingerprint density at radius 1 is 1.26 bits per heavy atom. The second-order valence-corrected chi connectivity index (χ2v) is 4.10. The van der Waals surface area contributed by atoms with Gasteiger partial charge in [-0.15, -0.1) is 0 Å². The Morgan fingerprint density at radius 2 is 1.95 bits per heavy atom. The zero-order chi connectivity index (χ0) is 14.0. The van der Waals surface area contributed by atoms with Gasteiger partial charge in [0.25, 0.3) is 0 Å². The molecule has 0 unspecified atom stereocenters. The number of pyridine rings is 1. The molecule has 0 saturated heterocycles. The Hall–Kier alpha value is -2.50. The average molecular weight is 262 g/mol. The van der Waals surface area contributed by atoms with Crippen LogP contribution in [0.3, 0.4) is 0 Å². The van der Waals surface area contributed by atoms with Crippen molar-refractivity contribution in [1.82, 2.24) is 4.57 Å². The molecule has 0 bridgehead atoms. The third-order valence-electron chi connectivity index (χ3n) is 2.86. The Balaban J connectivity index is 2.52. The van der Waals surface area contributed by atoms with E-state index in [0.29, 0.717) is 11.3 Å². The van der Waals surface area contributed by atoms with Crippen LogP contribution in [-0.2, 0) is 6.54 Å². The van der Waals surface area contributed by atoms with Crippen molar-refractivity contribution >= 4 is 5.69 Å². The van der Waals surface area contributed by atoms with Gasteiger partial charge in [0.2, 0.25) is 0 Å². The van der Waals surface area contributed by atoms with E-state index in [1.807, 2.05) is 0 Å². The first kappa shape index (κ1) is 12.9. The molecule has 1 aromatic carbocycles. The Morgan fingerprint density at radius 3 is 2.58 bits per heavy atom. The van der Waals surface area contributed by atoms with Crippen molar-refractivity contribution in [2.45, 2.75) is 13.5 Å². The van der Waals surface area contributed by atoms with Crippen LogP contribution in [0.2, 0.25) is 0 Å². The lowest BCUT2D eigenvalue weighted by Gasteiger charge is -2.10. The van der Waals surface area contributed by atoms with E-state index in [1.165, 1.54) is 16.7 Å². The number of aryl methyl sites for hydroxylation is 1. The number of nitro groups is 1. The highest BCUT2D eigenvalue weighted by molar-refractivity contribution is 5.29. The maximum atomic E-state index is 13.5. The Bertz CT molecular complexity index is 695. The summed E-state index contributed by atoms with van der Waals surface area (Å²) >= 11 is 0. The molecule has 0 saturated carbocycles. The van der Waals surface area contributed by atoms with Crippen LogP contribution in [0.5, 0.6) is 0 Å². The van der Waals surface area contributed by atoms with Gasteiger partial charge in [-0.05, 0) is 19.1 Å². The third-order valence-corrected chi connectivity index (χ3v) is 2.86. The van der Waals surface area contributed by atoms with Gasteiger partial charge in [-0.1, -0.05) is 18.2 Å². The molecule has 2 aromatic rings. The molecule has 0 amide bonds. The van der Waals surface area contributed by atoms with Crippen LogP contribution in [-0.4, -0.2) is 9.49 Å². The highest BCUT2D eigenvalue weighted by atomic mass is 19.1. The largest absolute Gasteiger partial charge is 0.334 e. The van der Waals surface area contributed by atoms with Gasteiger partial charge in [-0.2, -0.15) is 0 Å². The van der Waals surface area contributed by atoms with Crippen molar-refractivity contribution in [2.24, 2.45) is 0 Å². The number of hydrogen-bond donors (Lipinski definition) is 0. The second kappa shape index (κ2) is 5.01. The number of benzene rings is 1. The summed E-state index contributed by atoms with van der Waals surface area (Å²) in [4.78, 5) is 21.9.